The van der Waals surface area contributed by atoms with E-state index in [1.807, 2.05) is 0 Å². The fourth-order valence-electron chi connectivity index (χ4n) is 3.44. The number of fused-ring (bicyclic) bond motifs is 2. The predicted octanol–water partition coefficient (Wildman–Crippen LogP) is 5.05. The van der Waals surface area contributed by atoms with Gasteiger partial charge in [0.2, 0.25) is 0 Å². The van der Waals surface area contributed by atoms with Crippen molar-refractivity contribution in [2.45, 2.75) is 39.2 Å². The van der Waals surface area contributed by atoms with Gasteiger partial charge in [-0.1, -0.05) is 29.6 Å². The van der Waals surface area contributed by atoms with Crippen molar-refractivity contribution < 1.29 is 4.79 Å². The summed E-state index contributed by atoms with van der Waals surface area (Å²) in [7, 11) is 0. The van der Waals surface area contributed by atoms with E-state index >= 15 is 0 Å². The summed E-state index contributed by atoms with van der Waals surface area (Å²) < 4.78 is 1.77. The van der Waals surface area contributed by atoms with E-state index in [2.05, 4.69) is 5.32 Å². The Morgan fingerprint density at radius 1 is 1.19 bits per heavy atom. The summed E-state index contributed by atoms with van der Waals surface area (Å²) in [5, 5.41) is 4.23. The summed E-state index contributed by atoms with van der Waals surface area (Å²) in [6, 6.07) is 4.86. The molecule has 0 atom stereocenters. The Labute approximate surface area is 169 Å². The lowest BCUT2D eigenvalue weighted by Crippen LogP contribution is -2.24. The van der Waals surface area contributed by atoms with Crippen LogP contribution in [0.1, 0.15) is 40.3 Å². The van der Waals surface area contributed by atoms with Crippen LogP contribution in [0.25, 0.3) is 10.2 Å². The third-order valence-corrected chi connectivity index (χ3v) is 6.36. The largest absolute Gasteiger partial charge is 0.321 e. The van der Waals surface area contributed by atoms with Crippen molar-refractivity contribution in [3.05, 3.63) is 54.9 Å². The molecule has 1 N–H and O–H groups in total. The first-order chi connectivity index (χ1) is 12.9. The van der Waals surface area contributed by atoms with E-state index < -0.39 is 0 Å². The molecule has 0 spiro atoms. The van der Waals surface area contributed by atoms with Gasteiger partial charge in [-0.2, -0.15) is 0 Å². The zero-order valence-electron chi connectivity index (χ0n) is 14.6. The van der Waals surface area contributed by atoms with Crippen LogP contribution < -0.4 is 10.9 Å². The molecule has 27 heavy (non-hydrogen) atoms. The highest BCUT2D eigenvalue weighted by Gasteiger charge is 2.22. The summed E-state index contributed by atoms with van der Waals surface area (Å²) in [4.78, 5) is 31.6. The number of carbonyl (C=O) groups is 1. The fraction of sp³-hybridized carbons (Fsp3) is 0.316. The van der Waals surface area contributed by atoms with Gasteiger partial charge >= 0.3 is 0 Å². The molecule has 0 saturated heterocycles. The van der Waals surface area contributed by atoms with Crippen molar-refractivity contribution in [1.29, 1.82) is 0 Å². The lowest BCUT2D eigenvalue weighted by atomic mass is 10.2. The number of aryl methyl sites for hydroxylation is 2. The topological polar surface area (TPSA) is 64.0 Å². The average Bonchev–Trinajstić information content (AvgIpc) is 2.77. The summed E-state index contributed by atoms with van der Waals surface area (Å²) in [5.74, 6) is 0.522. The van der Waals surface area contributed by atoms with E-state index in [0.29, 0.717) is 42.9 Å². The van der Waals surface area contributed by atoms with Crippen LogP contribution in [0, 0.1) is 6.92 Å². The standard InChI is InChI=1S/C19H17Cl2N3O2S/c1-10-15-18(23-14-5-3-2-4-6-24(14)19(15)26)27-16(10)17(25)22-13-8-11(20)7-12(21)9-13/h7-9H,2-6H2,1H3,(H,22,25). The van der Waals surface area contributed by atoms with Gasteiger partial charge in [0.25, 0.3) is 11.5 Å². The monoisotopic (exact) mass is 421 g/mol. The average molecular weight is 422 g/mol. The smallest absolute Gasteiger partial charge is 0.266 e. The van der Waals surface area contributed by atoms with Crippen LogP contribution in [-0.2, 0) is 13.0 Å². The van der Waals surface area contributed by atoms with E-state index in [4.69, 9.17) is 28.2 Å². The number of halogens is 2. The van der Waals surface area contributed by atoms with Crippen LogP contribution in [0.3, 0.4) is 0 Å². The molecular formula is C19H17Cl2N3O2S. The normalized spacial score (nSPS) is 14.0. The molecule has 0 bridgehead atoms. The Kier molecular flexibility index (Phi) is 4.97. The molecule has 0 unspecified atom stereocenters. The maximum atomic E-state index is 13.0. The predicted molar refractivity (Wildman–Crippen MR) is 111 cm³/mol. The fourth-order valence-corrected chi connectivity index (χ4v) is 5.05. The molecule has 0 saturated carbocycles. The zero-order valence-corrected chi connectivity index (χ0v) is 17.0. The van der Waals surface area contributed by atoms with Crippen LogP contribution in [0.4, 0.5) is 5.69 Å². The molecule has 8 heteroatoms. The minimum Gasteiger partial charge on any atom is -0.321 e. The van der Waals surface area contributed by atoms with Crippen molar-refractivity contribution in [3.8, 4) is 0 Å². The van der Waals surface area contributed by atoms with Gasteiger partial charge < -0.3 is 5.32 Å². The second-order valence-corrected chi connectivity index (χ2v) is 8.52. The molecule has 2 aromatic heterocycles. The van der Waals surface area contributed by atoms with Gasteiger partial charge in [-0.15, -0.1) is 11.3 Å². The summed E-state index contributed by atoms with van der Waals surface area (Å²) in [6.45, 7) is 2.49. The highest BCUT2D eigenvalue weighted by atomic mass is 35.5. The summed E-state index contributed by atoms with van der Waals surface area (Å²) >= 11 is 13.2. The molecule has 0 aliphatic carbocycles. The quantitative estimate of drug-likeness (QED) is 0.629. The van der Waals surface area contributed by atoms with Crippen molar-refractivity contribution in [1.82, 2.24) is 9.55 Å². The van der Waals surface area contributed by atoms with Gasteiger partial charge in [-0.05, 0) is 43.5 Å². The van der Waals surface area contributed by atoms with Crippen molar-refractivity contribution >= 4 is 56.3 Å². The number of nitrogens with zero attached hydrogens (tertiary/aromatic N) is 2. The minimum absolute atomic E-state index is 0.0458. The number of benzene rings is 1. The first-order valence-corrected chi connectivity index (χ1v) is 10.3. The number of rotatable bonds is 2. The molecule has 0 radical (unpaired) electrons. The van der Waals surface area contributed by atoms with Gasteiger partial charge in [-0.25, -0.2) is 4.98 Å². The van der Waals surface area contributed by atoms with Crippen LogP contribution >= 0.6 is 34.5 Å². The van der Waals surface area contributed by atoms with Gasteiger partial charge in [0.15, 0.2) is 0 Å². The summed E-state index contributed by atoms with van der Waals surface area (Å²) in [5.41, 5.74) is 1.13. The number of hydrogen-bond acceptors (Lipinski definition) is 4. The van der Waals surface area contributed by atoms with Crippen LogP contribution in [0.2, 0.25) is 10.0 Å². The van der Waals surface area contributed by atoms with Gasteiger partial charge in [0.05, 0.1) is 10.3 Å². The highest BCUT2D eigenvalue weighted by Crippen LogP contribution is 2.30. The third-order valence-electron chi connectivity index (χ3n) is 4.74. The molecule has 5 nitrogen and oxygen atoms in total. The third kappa shape index (κ3) is 3.49. The maximum absolute atomic E-state index is 13.0. The number of carbonyl (C=O) groups excluding carboxylic acids is 1. The van der Waals surface area contributed by atoms with Crippen molar-refractivity contribution in [2.75, 3.05) is 5.32 Å². The molecule has 1 aliphatic rings. The molecule has 4 rings (SSSR count). The molecule has 0 fully saturated rings. The second kappa shape index (κ2) is 7.26. The van der Waals surface area contributed by atoms with E-state index in [1.54, 1.807) is 29.7 Å². The molecule has 1 aromatic carbocycles. The van der Waals surface area contributed by atoms with Crippen molar-refractivity contribution in [2.24, 2.45) is 0 Å². The van der Waals surface area contributed by atoms with Crippen LogP contribution in [0.5, 0.6) is 0 Å². The lowest BCUT2D eigenvalue weighted by molar-refractivity contribution is 0.103. The van der Waals surface area contributed by atoms with E-state index in [0.717, 1.165) is 31.5 Å². The number of thiophene rings is 1. The molecular weight excluding hydrogens is 405 g/mol. The first kappa shape index (κ1) is 18.5. The van der Waals surface area contributed by atoms with Crippen molar-refractivity contribution in [3.63, 3.8) is 0 Å². The van der Waals surface area contributed by atoms with Gasteiger partial charge in [-0.3, -0.25) is 14.2 Å². The van der Waals surface area contributed by atoms with Crippen LogP contribution in [-0.4, -0.2) is 15.5 Å². The highest BCUT2D eigenvalue weighted by molar-refractivity contribution is 7.20. The molecule has 1 aliphatic heterocycles. The number of hydrogen-bond donors (Lipinski definition) is 1. The Hall–Kier alpha value is -1.89. The number of anilines is 1. The van der Waals surface area contributed by atoms with Gasteiger partial charge in [0, 0.05) is 28.7 Å². The Bertz CT molecular complexity index is 1100. The SMILES string of the molecule is Cc1c(C(=O)Nc2cc(Cl)cc(Cl)c2)sc2nc3n(c(=O)c12)CCCCC3. The van der Waals surface area contributed by atoms with E-state index in [9.17, 15) is 9.59 Å². The maximum Gasteiger partial charge on any atom is 0.266 e. The van der Waals surface area contributed by atoms with Gasteiger partial charge in [0.1, 0.15) is 10.7 Å². The Morgan fingerprint density at radius 2 is 1.93 bits per heavy atom. The zero-order chi connectivity index (χ0) is 19.1. The minimum atomic E-state index is -0.298. The van der Waals surface area contributed by atoms with E-state index in [1.165, 1.54) is 11.3 Å². The van der Waals surface area contributed by atoms with E-state index in [-0.39, 0.29) is 11.5 Å². The number of aromatic nitrogens is 2. The lowest BCUT2D eigenvalue weighted by Gasteiger charge is -2.08. The number of amides is 1. The summed E-state index contributed by atoms with van der Waals surface area (Å²) in [6.07, 6.45) is 3.91. The number of nitrogens with one attached hydrogen (secondary N) is 1. The molecule has 140 valence electrons. The second-order valence-electron chi connectivity index (χ2n) is 6.64. The Balaban J connectivity index is 1.76. The molecule has 1 amide bonds. The molecule has 3 heterocycles. The molecule has 3 aromatic rings. The Morgan fingerprint density at radius 3 is 2.67 bits per heavy atom. The van der Waals surface area contributed by atoms with Crippen LogP contribution in [0.15, 0.2) is 23.0 Å². The first-order valence-electron chi connectivity index (χ1n) is 8.74.